The summed E-state index contributed by atoms with van der Waals surface area (Å²) in [6.45, 7) is 10.4. The molecule has 1 aromatic rings. The van der Waals surface area contributed by atoms with Crippen molar-refractivity contribution in [1.29, 1.82) is 0 Å². The van der Waals surface area contributed by atoms with Crippen LogP contribution < -0.4 is 0 Å². The number of hydrogen-bond acceptors (Lipinski definition) is 2. The molecule has 0 radical (unpaired) electrons. The average molecular weight is 258 g/mol. The third-order valence-corrected chi connectivity index (χ3v) is 4.15. The summed E-state index contributed by atoms with van der Waals surface area (Å²) in [6.07, 6.45) is 4.21. The zero-order valence-electron chi connectivity index (χ0n) is 12.5. The van der Waals surface area contributed by atoms with E-state index >= 15 is 0 Å². The molecule has 0 amide bonds. The molecule has 1 heterocycles. The molecule has 1 fully saturated rings. The molecule has 1 unspecified atom stereocenters. The Hall–Kier alpha value is -1.06. The lowest BCUT2D eigenvalue weighted by molar-refractivity contribution is 0.00578. The lowest BCUT2D eigenvalue weighted by Gasteiger charge is -2.32. The Balaban J connectivity index is 2.28. The van der Waals surface area contributed by atoms with Crippen LogP contribution in [-0.2, 0) is 9.31 Å². The quantitative estimate of drug-likeness (QED) is 0.603. The largest absolute Gasteiger partial charge is 0.469 e. The van der Waals surface area contributed by atoms with Gasteiger partial charge in [-0.05, 0) is 40.2 Å². The maximum atomic E-state index is 6.16. The average Bonchev–Trinajstić information content (AvgIpc) is 2.56. The van der Waals surface area contributed by atoms with Gasteiger partial charge in [0.25, 0.3) is 0 Å². The Labute approximate surface area is 117 Å². The van der Waals surface area contributed by atoms with Crippen LogP contribution in [0.25, 0.3) is 0 Å². The minimum absolute atomic E-state index is 0.132. The van der Waals surface area contributed by atoms with E-state index in [1.165, 1.54) is 5.56 Å². The normalized spacial score (nSPS) is 22.9. The first-order valence-corrected chi connectivity index (χ1v) is 6.91. The van der Waals surface area contributed by atoms with E-state index in [1.807, 2.05) is 13.0 Å². The molecule has 102 valence electrons. The van der Waals surface area contributed by atoms with Crippen LogP contribution in [0.2, 0.25) is 0 Å². The second kappa shape index (κ2) is 5.14. The summed E-state index contributed by atoms with van der Waals surface area (Å²) >= 11 is 0. The molecule has 1 aliphatic rings. The van der Waals surface area contributed by atoms with E-state index < -0.39 is 0 Å². The van der Waals surface area contributed by atoms with Crippen molar-refractivity contribution in [3.63, 3.8) is 0 Å². The summed E-state index contributed by atoms with van der Waals surface area (Å²) in [5, 5.41) is 0. The summed E-state index contributed by atoms with van der Waals surface area (Å²) in [6, 6.07) is 10.4. The smallest absolute Gasteiger partial charge is 0.403 e. The van der Waals surface area contributed by atoms with Gasteiger partial charge < -0.3 is 9.31 Å². The second-order valence-corrected chi connectivity index (χ2v) is 6.09. The highest BCUT2D eigenvalue weighted by Gasteiger charge is 2.53. The summed E-state index contributed by atoms with van der Waals surface area (Å²) in [5.41, 5.74) is 0.651. The van der Waals surface area contributed by atoms with Crippen molar-refractivity contribution in [3.8, 4) is 0 Å². The predicted molar refractivity (Wildman–Crippen MR) is 80.1 cm³/mol. The maximum absolute atomic E-state index is 6.16. The van der Waals surface area contributed by atoms with Crippen molar-refractivity contribution in [2.24, 2.45) is 0 Å². The highest BCUT2D eigenvalue weighted by atomic mass is 16.7. The molecule has 0 N–H and O–H groups in total. The van der Waals surface area contributed by atoms with Crippen molar-refractivity contribution < 1.29 is 9.31 Å². The van der Waals surface area contributed by atoms with E-state index in [1.54, 1.807) is 0 Å². The van der Waals surface area contributed by atoms with Gasteiger partial charge in [0, 0.05) is 5.82 Å². The molecule has 1 atom stereocenters. The molecule has 0 spiro atoms. The molecular weight excluding hydrogens is 235 g/mol. The van der Waals surface area contributed by atoms with Gasteiger partial charge >= 0.3 is 7.12 Å². The molecule has 0 bridgehead atoms. The number of benzene rings is 1. The van der Waals surface area contributed by atoms with Crippen LogP contribution in [-0.4, -0.2) is 18.3 Å². The van der Waals surface area contributed by atoms with Crippen LogP contribution in [0.3, 0.4) is 0 Å². The van der Waals surface area contributed by atoms with E-state index in [4.69, 9.17) is 9.31 Å². The summed E-state index contributed by atoms with van der Waals surface area (Å²) < 4.78 is 12.3. The Morgan fingerprint density at radius 3 is 2.00 bits per heavy atom. The van der Waals surface area contributed by atoms with E-state index in [0.717, 1.165) is 0 Å². The zero-order chi connectivity index (χ0) is 14.1. The van der Waals surface area contributed by atoms with E-state index in [2.05, 4.69) is 64.1 Å². The Morgan fingerprint density at radius 2 is 1.53 bits per heavy atom. The van der Waals surface area contributed by atoms with Crippen LogP contribution in [0.4, 0.5) is 0 Å². The Bertz CT molecular complexity index is 435. The molecule has 1 aliphatic heterocycles. The van der Waals surface area contributed by atoms with Gasteiger partial charge in [-0.1, -0.05) is 42.5 Å². The molecule has 2 nitrogen and oxygen atoms in total. The highest BCUT2D eigenvalue weighted by molar-refractivity contribution is 6.48. The lowest BCUT2D eigenvalue weighted by Crippen LogP contribution is -2.41. The molecule has 0 aromatic heterocycles. The molecule has 19 heavy (non-hydrogen) atoms. The second-order valence-electron chi connectivity index (χ2n) is 6.09. The molecule has 3 heteroatoms. The fourth-order valence-corrected chi connectivity index (χ4v) is 2.28. The first kappa shape index (κ1) is 14.4. The van der Waals surface area contributed by atoms with Crippen molar-refractivity contribution in [1.82, 2.24) is 0 Å². The fourth-order valence-electron chi connectivity index (χ4n) is 2.28. The van der Waals surface area contributed by atoms with Crippen LogP contribution in [0.5, 0.6) is 0 Å². The number of rotatable bonds is 3. The Kier molecular flexibility index (Phi) is 3.89. The summed E-state index contributed by atoms with van der Waals surface area (Å²) in [5.74, 6) is 0.132. The van der Waals surface area contributed by atoms with Gasteiger partial charge in [-0.25, -0.2) is 0 Å². The molecule has 0 saturated carbocycles. The number of hydrogen-bond donors (Lipinski definition) is 0. The van der Waals surface area contributed by atoms with Gasteiger partial charge in [-0.3, -0.25) is 0 Å². The summed E-state index contributed by atoms with van der Waals surface area (Å²) in [4.78, 5) is 0. The van der Waals surface area contributed by atoms with Gasteiger partial charge in [-0.2, -0.15) is 0 Å². The maximum Gasteiger partial charge on any atom is 0.469 e. The molecule has 1 aromatic carbocycles. The molecular formula is C16H23BO2. The number of allylic oxidation sites excluding steroid dienone is 2. The SMILES string of the molecule is C/C=C\C(B1OC(C)(C)C(C)(C)O1)c1ccccc1. The molecule has 1 saturated heterocycles. The lowest BCUT2D eigenvalue weighted by atomic mass is 9.68. The van der Waals surface area contributed by atoms with Gasteiger partial charge in [0.15, 0.2) is 0 Å². The van der Waals surface area contributed by atoms with Crippen LogP contribution >= 0.6 is 0 Å². The summed E-state index contributed by atoms with van der Waals surface area (Å²) in [7, 11) is -0.233. The van der Waals surface area contributed by atoms with E-state index in [-0.39, 0.29) is 24.1 Å². The topological polar surface area (TPSA) is 18.5 Å². The standard InChI is InChI=1S/C16H23BO2/c1-6-10-14(13-11-8-7-9-12-13)17-18-15(2,3)16(4,5)19-17/h6-12,14H,1-5H3/b10-6-. The highest BCUT2D eigenvalue weighted by Crippen LogP contribution is 2.41. The third kappa shape index (κ3) is 2.77. The monoisotopic (exact) mass is 258 g/mol. The Morgan fingerprint density at radius 1 is 1.00 bits per heavy atom. The van der Waals surface area contributed by atoms with E-state index in [0.29, 0.717) is 0 Å². The van der Waals surface area contributed by atoms with Crippen LogP contribution in [0.1, 0.15) is 46.0 Å². The zero-order valence-corrected chi connectivity index (χ0v) is 12.5. The fraction of sp³-hybridized carbons (Fsp3) is 0.500. The van der Waals surface area contributed by atoms with Crippen LogP contribution in [0.15, 0.2) is 42.5 Å². The van der Waals surface area contributed by atoms with Gasteiger partial charge in [0.1, 0.15) is 0 Å². The van der Waals surface area contributed by atoms with Gasteiger partial charge in [0.2, 0.25) is 0 Å². The third-order valence-electron chi connectivity index (χ3n) is 4.15. The minimum Gasteiger partial charge on any atom is -0.403 e. The van der Waals surface area contributed by atoms with Crippen molar-refractivity contribution in [2.75, 3.05) is 0 Å². The van der Waals surface area contributed by atoms with Gasteiger partial charge in [-0.15, -0.1) is 0 Å². The van der Waals surface area contributed by atoms with E-state index in [9.17, 15) is 0 Å². The van der Waals surface area contributed by atoms with Crippen molar-refractivity contribution in [2.45, 2.75) is 51.6 Å². The minimum atomic E-state index is -0.285. The van der Waals surface area contributed by atoms with Gasteiger partial charge in [0.05, 0.1) is 11.2 Å². The predicted octanol–water partition coefficient (Wildman–Crippen LogP) is 3.98. The van der Waals surface area contributed by atoms with Crippen LogP contribution in [0, 0.1) is 0 Å². The first-order chi connectivity index (χ1) is 8.87. The molecule has 2 rings (SSSR count). The van der Waals surface area contributed by atoms with Crippen molar-refractivity contribution >= 4 is 7.12 Å². The van der Waals surface area contributed by atoms with Crippen molar-refractivity contribution in [3.05, 3.63) is 48.0 Å². The molecule has 0 aliphatic carbocycles. The first-order valence-electron chi connectivity index (χ1n) is 6.91.